The topological polar surface area (TPSA) is 22.1 Å². The summed E-state index contributed by atoms with van der Waals surface area (Å²) in [6.45, 7) is 5.05. The second-order valence-electron chi connectivity index (χ2n) is 3.58. The number of nitrogens with zero attached hydrogens (tertiary/aromatic N) is 1. The minimum absolute atomic E-state index is 0. The van der Waals surface area contributed by atoms with Crippen LogP contribution in [0.3, 0.4) is 0 Å². The van der Waals surface area contributed by atoms with E-state index in [0.717, 1.165) is 18.9 Å². The van der Waals surface area contributed by atoms with Gasteiger partial charge in [-0.3, -0.25) is 0 Å². The number of hydrogen-bond donors (Lipinski definition) is 0. The molecule has 0 aliphatic carbocycles. The van der Waals surface area contributed by atoms with E-state index in [1.54, 1.807) is 6.20 Å². The van der Waals surface area contributed by atoms with E-state index in [0.29, 0.717) is 0 Å². The maximum Gasteiger partial charge on any atom is 0.213 e. The molecule has 0 N–H and O–H groups in total. The van der Waals surface area contributed by atoms with Crippen molar-refractivity contribution in [3.63, 3.8) is 0 Å². The first-order valence-electron chi connectivity index (χ1n) is 5.38. The first-order valence-corrected chi connectivity index (χ1v) is 5.38. The van der Waals surface area contributed by atoms with E-state index in [-0.39, 0.29) is 24.0 Å². The second-order valence-corrected chi connectivity index (χ2v) is 3.58. The summed E-state index contributed by atoms with van der Waals surface area (Å²) in [4.78, 5) is 4.14. The van der Waals surface area contributed by atoms with Crippen LogP contribution in [-0.4, -0.2) is 11.6 Å². The summed E-state index contributed by atoms with van der Waals surface area (Å²) in [7, 11) is 0. The number of unbranched alkanes of at least 4 members (excludes halogenated alkanes) is 3. The van der Waals surface area contributed by atoms with Crippen molar-refractivity contribution >= 4 is 0 Å². The van der Waals surface area contributed by atoms with Gasteiger partial charge in [0.15, 0.2) is 0 Å². The van der Waals surface area contributed by atoms with Crippen molar-refractivity contribution in [2.24, 2.45) is 0 Å². The molecule has 0 saturated heterocycles. The molecule has 0 spiro atoms. The molecule has 0 aromatic carbocycles. The lowest BCUT2D eigenvalue weighted by atomic mass is 10.2. The molecule has 15 heavy (non-hydrogen) atoms. The molecule has 0 saturated carbocycles. The van der Waals surface area contributed by atoms with Crippen molar-refractivity contribution in [3.8, 4) is 5.88 Å². The van der Waals surface area contributed by atoms with Crippen LogP contribution in [0.5, 0.6) is 5.88 Å². The number of pyridine rings is 1. The largest absolute Gasteiger partial charge is 1.00 e. The lowest BCUT2D eigenvalue weighted by molar-refractivity contribution is -0.00000377. The number of hydrogen-bond acceptors (Lipinski definition) is 2. The first kappa shape index (κ1) is 14.7. The maximum absolute atomic E-state index is 5.52. The van der Waals surface area contributed by atoms with Crippen molar-refractivity contribution in [2.75, 3.05) is 6.61 Å². The summed E-state index contributed by atoms with van der Waals surface area (Å²) < 4.78 is 5.52. The zero-order chi connectivity index (χ0) is 10.2. The number of aromatic nitrogens is 1. The van der Waals surface area contributed by atoms with Crippen LogP contribution in [0.15, 0.2) is 18.3 Å². The van der Waals surface area contributed by atoms with Gasteiger partial charge in [-0.05, 0) is 25.0 Å². The Morgan fingerprint density at radius 1 is 1.27 bits per heavy atom. The van der Waals surface area contributed by atoms with Crippen LogP contribution in [0.4, 0.5) is 0 Å². The molecule has 0 fully saturated rings. The molecule has 1 heterocycles. The highest BCUT2D eigenvalue weighted by Crippen LogP contribution is 2.09. The van der Waals surface area contributed by atoms with Crippen LogP contribution in [0.2, 0.25) is 0 Å². The third kappa shape index (κ3) is 6.71. The van der Waals surface area contributed by atoms with Gasteiger partial charge < -0.3 is 28.7 Å². The zero-order valence-corrected chi connectivity index (χ0v) is 11.7. The predicted molar refractivity (Wildman–Crippen MR) is 58.6 cm³/mol. The molecule has 0 radical (unpaired) electrons. The van der Waals surface area contributed by atoms with Crippen molar-refractivity contribution in [1.82, 2.24) is 4.98 Å². The Bertz CT molecular complexity index is 266. The van der Waals surface area contributed by atoms with Gasteiger partial charge in [0.25, 0.3) is 0 Å². The fourth-order valence-corrected chi connectivity index (χ4v) is 1.29. The average molecular weight is 320 g/mol. The van der Waals surface area contributed by atoms with E-state index in [9.17, 15) is 0 Å². The van der Waals surface area contributed by atoms with E-state index in [1.165, 1.54) is 24.8 Å². The molecule has 0 amide bonds. The number of ether oxygens (including phenoxy) is 1. The number of halogens is 1. The summed E-state index contributed by atoms with van der Waals surface area (Å²) in [5.41, 5.74) is 1.20. The van der Waals surface area contributed by atoms with E-state index >= 15 is 0 Å². The average Bonchev–Trinajstić information content (AvgIpc) is 2.18. The molecule has 0 aliphatic rings. The molecule has 2 nitrogen and oxygen atoms in total. The van der Waals surface area contributed by atoms with Crippen molar-refractivity contribution in [3.05, 3.63) is 23.9 Å². The Morgan fingerprint density at radius 2 is 2.07 bits per heavy atom. The Kier molecular flexibility index (Phi) is 8.76. The molecular weight excluding hydrogens is 301 g/mol. The lowest BCUT2D eigenvalue weighted by Gasteiger charge is -2.04. The van der Waals surface area contributed by atoms with Gasteiger partial charge >= 0.3 is 0 Å². The van der Waals surface area contributed by atoms with Gasteiger partial charge in [-0.15, -0.1) is 0 Å². The van der Waals surface area contributed by atoms with E-state index in [4.69, 9.17) is 4.74 Å². The monoisotopic (exact) mass is 320 g/mol. The Labute approximate surface area is 109 Å². The molecule has 0 aliphatic heterocycles. The molecular formula is C12H19INO-. The Morgan fingerprint density at radius 3 is 2.73 bits per heavy atom. The fourth-order valence-electron chi connectivity index (χ4n) is 1.29. The minimum atomic E-state index is 0. The van der Waals surface area contributed by atoms with Crippen LogP contribution in [0, 0.1) is 6.92 Å². The highest BCUT2D eigenvalue weighted by molar-refractivity contribution is 5.18. The standard InChI is InChI=1S/C12H19NO.HI/c1-3-4-5-6-9-14-12-10-11(2)7-8-13-12;/h7-8,10H,3-6,9H2,1-2H3;1H/p-1. The summed E-state index contributed by atoms with van der Waals surface area (Å²) in [5, 5.41) is 0. The zero-order valence-electron chi connectivity index (χ0n) is 9.50. The van der Waals surface area contributed by atoms with E-state index in [1.807, 2.05) is 19.1 Å². The van der Waals surface area contributed by atoms with Gasteiger partial charge in [-0.1, -0.05) is 26.2 Å². The quantitative estimate of drug-likeness (QED) is 0.558. The van der Waals surface area contributed by atoms with Crippen LogP contribution in [-0.2, 0) is 0 Å². The van der Waals surface area contributed by atoms with Gasteiger partial charge in [-0.2, -0.15) is 0 Å². The fraction of sp³-hybridized carbons (Fsp3) is 0.583. The van der Waals surface area contributed by atoms with Crippen LogP contribution in [0.25, 0.3) is 0 Å². The highest BCUT2D eigenvalue weighted by atomic mass is 127. The van der Waals surface area contributed by atoms with E-state index in [2.05, 4.69) is 11.9 Å². The summed E-state index contributed by atoms with van der Waals surface area (Å²) in [6, 6.07) is 3.95. The van der Waals surface area contributed by atoms with Crippen molar-refractivity contribution < 1.29 is 28.7 Å². The first-order chi connectivity index (χ1) is 6.83. The molecule has 0 atom stereocenters. The highest BCUT2D eigenvalue weighted by Gasteiger charge is 1.94. The molecule has 1 aromatic heterocycles. The predicted octanol–water partition coefficient (Wildman–Crippen LogP) is 0.353. The van der Waals surface area contributed by atoms with Gasteiger partial charge in [0.2, 0.25) is 5.88 Å². The molecule has 1 rings (SSSR count). The van der Waals surface area contributed by atoms with Crippen molar-refractivity contribution in [1.29, 1.82) is 0 Å². The third-order valence-electron chi connectivity index (χ3n) is 2.14. The van der Waals surface area contributed by atoms with Crippen LogP contribution < -0.4 is 28.7 Å². The van der Waals surface area contributed by atoms with Gasteiger partial charge in [0.1, 0.15) is 0 Å². The van der Waals surface area contributed by atoms with E-state index < -0.39 is 0 Å². The molecule has 86 valence electrons. The molecule has 1 aromatic rings. The normalized spacial score (nSPS) is 9.47. The van der Waals surface area contributed by atoms with Gasteiger partial charge in [-0.25, -0.2) is 4.98 Å². The maximum atomic E-state index is 5.52. The smallest absolute Gasteiger partial charge is 0.213 e. The number of aryl methyl sites for hydroxylation is 1. The molecule has 0 bridgehead atoms. The van der Waals surface area contributed by atoms with Gasteiger partial charge in [0, 0.05) is 12.3 Å². The summed E-state index contributed by atoms with van der Waals surface area (Å²) in [6.07, 6.45) is 6.73. The minimum Gasteiger partial charge on any atom is -1.00 e. The lowest BCUT2D eigenvalue weighted by Crippen LogP contribution is -3.00. The van der Waals surface area contributed by atoms with Crippen molar-refractivity contribution in [2.45, 2.75) is 39.5 Å². The SMILES string of the molecule is CCCCCCOc1cc(C)ccn1.[I-]. The van der Waals surface area contributed by atoms with Crippen LogP contribution >= 0.6 is 0 Å². The summed E-state index contributed by atoms with van der Waals surface area (Å²) in [5.74, 6) is 0.751. The number of rotatable bonds is 6. The van der Waals surface area contributed by atoms with Crippen LogP contribution in [0.1, 0.15) is 38.2 Å². The Hall–Kier alpha value is -0.320. The molecule has 0 unspecified atom stereocenters. The van der Waals surface area contributed by atoms with Gasteiger partial charge in [0.05, 0.1) is 6.61 Å². The second kappa shape index (κ2) is 8.95. The summed E-state index contributed by atoms with van der Waals surface area (Å²) >= 11 is 0. The third-order valence-corrected chi connectivity index (χ3v) is 2.14. The Balaban J connectivity index is 0.00000196. The molecule has 3 heteroatoms.